The summed E-state index contributed by atoms with van der Waals surface area (Å²) in [5.74, 6) is 0.792. The predicted molar refractivity (Wildman–Crippen MR) is 89.3 cm³/mol. The van der Waals surface area contributed by atoms with Crippen LogP contribution in [-0.2, 0) is 13.6 Å². The largest absolute Gasteiger partial charge is 0.489 e. The normalized spacial score (nSPS) is 13.2. The minimum Gasteiger partial charge on any atom is -0.489 e. The monoisotopic (exact) mass is 316 g/mol. The number of carbonyl (C=O) groups is 1. The van der Waals surface area contributed by atoms with E-state index in [1.807, 2.05) is 58.2 Å². The fraction of sp³-hybridized carbons (Fsp3) is 0.412. The maximum Gasteiger partial charge on any atom is 0.315 e. The van der Waals surface area contributed by atoms with Gasteiger partial charge in [0.05, 0.1) is 12.2 Å². The number of benzene rings is 1. The quantitative estimate of drug-likeness (QED) is 0.860. The van der Waals surface area contributed by atoms with Gasteiger partial charge in [-0.05, 0) is 32.9 Å². The number of aromatic nitrogens is 2. The van der Waals surface area contributed by atoms with Gasteiger partial charge in [0.2, 0.25) is 0 Å². The van der Waals surface area contributed by atoms with Crippen LogP contribution in [0.2, 0.25) is 0 Å². The van der Waals surface area contributed by atoms with Gasteiger partial charge >= 0.3 is 6.03 Å². The topological polar surface area (TPSA) is 68.2 Å². The van der Waals surface area contributed by atoms with Gasteiger partial charge in [-0.2, -0.15) is 5.10 Å². The first-order valence-electron chi connectivity index (χ1n) is 7.71. The highest BCUT2D eigenvalue weighted by atomic mass is 16.5. The Morgan fingerprint density at radius 1 is 1.30 bits per heavy atom. The average Bonchev–Trinajstić information content (AvgIpc) is 2.85. The van der Waals surface area contributed by atoms with E-state index >= 15 is 0 Å². The fourth-order valence-corrected chi connectivity index (χ4v) is 2.08. The predicted octanol–water partition coefficient (Wildman–Crippen LogP) is 2.38. The fourth-order valence-electron chi connectivity index (χ4n) is 2.08. The molecule has 0 aliphatic rings. The molecule has 0 radical (unpaired) electrons. The minimum absolute atomic E-state index is 0.120. The molecule has 23 heavy (non-hydrogen) atoms. The Kier molecular flexibility index (Phi) is 5.62. The van der Waals surface area contributed by atoms with Crippen LogP contribution in [0.3, 0.4) is 0 Å². The van der Waals surface area contributed by atoms with Crippen molar-refractivity contribution in [3.63, 3.8) is 0 Å². The molecule has 0 bridgehead atoms. The number of para-hydroxylation sites is 1. The lowest BCUT2D eigenvalue weighted by molar-refractivity contribution is 0.175. The first kappa shape index (κ1) is 16.9. The summed E-state index contributed by atoms with van der Waals surface area (Å²) in [6.07, 6.45) is 1.63. The number of nitrogens with zero attached hydrogens (tertiary/aromatic N) is 2. The molecule has 0 fully saturated rings. The van der Waals surface area contributed by atoms with Gasteiger partial charge in [-0.3, -0.25) is 4.68 Å². The van der Waals surface area contributed by atoms with E-state index in [1.54, 1.807) is 10.9 Å². The first-order chi connectivity index (χ1) is 11.0. The zero-order chi connectivity index (χ0) is 16.8. The van der Waals surface area contributed by atoms with Gasteiger partial charge in [0.15, 0.2) is 0 Å². The molecule has 0 unspecified atom stereocenters. The maximum atomic E-state index is 12.0. The number of rotatable bonds is 6. The van der Waals surface area contributed by atoms with Crippen molar-refractivity contribution in [1.29, 1.82) is 0 Å². The average molecular weight is 316 g/mol. The van der Waals surface area contributed by atoms with Crippen molar-refractivity contribution in [1.82, 2.24) is 20.4 Å². The molecular formula is C17H24N4O2. The molecule has 2 aromatic rings. The second-order valence-corrected chi connectivity index (χ2v) is 5.63. The lowest BCUT2D eigenvalue weighted by atomic mass is 10.2. The van der Waals surface area contributed by atoms with Gasteiger partial charge in [-0.1, -0.05) is 18.2 Å². The van der Waals surface area contributed by atoms with E-state index in [0.29, 0.717) is 6.54 Å². The molecular weight excluding hydrogens is 292 g/mol. The van der Waals surface area contributed by atoms with E-state index in [2.05, 4.69) is 15.7 Å². The van der Waals surface area contributed by atoms with Crippen molar-refractivity contribution in [2.45, 2.75) is 39.5 Å². The van der Waals surface area contributed by atoms with Crippen LogP contribution in [0.1, 0.15) is 25.1 Å². The van der Waals surface area contributed by atoms with Crippen molar-refractivity contribution >= 4 is 6.03 Å². The summed E-state index contributed by atoms with van der Waals surface area (Å²) >= 11 is 0. The van der Waals surface area contributed by atoms with Gasteiger partial charge in [0, 0.05) is 24.8 Å². The molecule has 2 atom stereocenters. The molecule has 1 heterocycles. The third kappa shape index (κ3) is 4.74. The molecule has 124 valence electrons. The number of amides is 2. The Morgan fingerprint density at radius 2 is 2.00 bits per heavy atom. The highest BCUT2D eigenvalue weighted by Crippen LogP contribution is 2.12. The minimum atomic E-state index is -0.218. The van der Waals surface area contributed by atoms with Gasteiger partial charge in [0.1, 0.15) is 11.9 Å². The number of hydrogen-bond donors (Lipinski definition) is 2. The van der Waals surface area contributed by atoms with Gasteiger partial charge in [-0.25, -0.2) is 4.79 Å². The molecule has 0 spiro atoms. The molecule has 0 aliphatic heterocycles. The highest BCUT2D eigenvalue weighted by molar-refractivity contribution is 5.74. The van der Waals surface area contributed by atoms with Crippen molar-refractivity contribution in [3.05, 3.63) is 47.8 Å². The Labute approximate surface area is 136 Å². The van der Waals surface area contributed by atoms with E-state index in [-0.39, 0.29) is 18.2 Å². The van der Waals surface area contributed by atoms with Crippen LogP contribution < -0.4 is 15.4 Å². The van der Waals surface area contributed by atoms with E-state index in [0.717, 1.165) is 17.0 Å². The molecule has 2 amide bonds. The van der Waals surface area contributed by atoms with Crippen LogP contribution in [0.5, 0.6) is 5.75 Å². The second kappa shape index (κ2) is 7.67. The molecule has 0 saturated heterocycles. The Bertz CT molecular complexity index is 639. The van der Waals surface area contributed by atoms with Crippen LogP contribution in [0, 0.1) is 6.92 Å². The summed E-state index contributed by atoms with van der Waals surface area (Å²) < 4.78 is 7.59. The van der Waals surface area contributed by atoms with Crippen molar-refractivity contribution in [2.75, 3.05) is 0 Å². The van der Waals surface area contributed by atoms with E-state index in [9.17, 15) is 4.79 Å². The molecule has 6 nitrogen and oxygen atoms in total. The van der Waals surface area contributed by atoms with Gasteiger partial charge in [-0.15, -0.1) is 0 Å². The molecule has 2 rings (SSSR count). The Balaban J connectivity index is 1.78. The SMILES string of the molecule is Cc1c(CNC(=O)N[C@H](C)[C@@H](C)Oc2ccccc2)cnn1C. The van der Waals surface area contributed by atoms with Crippen LogP contribution in [0.15, 0.2) is 36.5 Å². The van der Waals surface area contributed by atoms with Crippen LogP contribution in [0.4, 0.5) is 4.79 Å². The lowest BCUT2D eigenvalue weighted by Gasteiger charge is -2.22. The van der Waals surface area contributed by atoms with E-state index < -0.39 is 0 Å². The maximum absolute atomic E-state index is 12.0. The Morgan fingerprint density at radius 3 is 2.61 bits per heavy atom. The van der Waals surface area contributed by atoms with Crippen molar-refractivity contribution < 1.29 is 9.53 Å². The van der Waals surface area contributed by atoms with Crippen molar-refractivity contribution in [3.8, 4) is 5.75 Å². The smallest absolute Gasteiger partial charge is 0.315 e. The summed E-state index contributed by atoms with van der Waals surface area (Å²) in [4.78, 5) is 12.0. The van der Waals surface area contributed by atoms with Gasteiger partial charge < -0.3 is 15.4 Å². The Hall–Kier alpha value is -2.50. The zero-order valence-corrected chi connectivity index (χ0v) is 14.0. The molecule has 6 heteroatoms. The number of ether oxygens (including phenoxy) is 1. The molecule has 0 aliphatic carbocycles. The summed E-state index contributed by atoms with van der Waals surface area (Å²) in [5.41, 5.74) is 2.04. The zero-order valence-electron chi connectivity index (χ0n) is 14.0. The van der Waals surface area contributed by atoms with Crippen LogP contribution in [0.25, 0.3) is 0 Å². The lowest BCUT2D eigenvalue weighted by Crippen LogP contribution is -2.46. The summed E-state index contributed by atoms with van der Waals surface area (Å²) in [6.45, 7) is 6.28. The summed E-state index contributed by atoms with van der Waals surface area (Å²) in [6, 6.07) is 9.23. The van der Waals surface area contributed by atoms with E-state index in [1.165, 1.54) is 0 Å². The number of aryl methyl sites for hydroxylation is 1. The number of carbonyl (C=O) groups excluding carboxylic acids is 1. The third-order valence-electron chi connectivity index (χ3n) is 3.90. The van der Waals surface area contributed by atoms with Gasteiger partial charge in [0.25, 0.3) is 0 Å². The molecule has 0 saturated carbocycles. The molecule has 2 N–H and O–H groups in total. The van der Waals surface area contributed by atoms with Crippen LogP contribution in [-0.4, -0.2) is 28.0 Å². The molecule has 1 aromatic carbocycles. The van der Waals surface area contributed by atoms with Crippen molar-refractivity contribution in [2.24, 2.45) is 7.05 Å². The first-order valence-corrected chi connectivity index (χ1v) is 7.71. The van der Waals surface area contributed by atoms with E-state index in [4.69, 9.17) is 4.74 Å². The second-order valence-electron chi connectivity index (χ2n) is 5.63. The molecule has 1 aromatic heterocycles. The third-order valence-corrected chi connectivity index (χ3v) is 3.90. The number of urea groups is 1. The number of nitrogens with one attached hydrogen (secondary N) is 2. The summed E-state index contributed by atoms with van der Waals surface area (Å²) in [5, 5.41) is 9.89. The summed E-state index contributed by atoms with van der Waals surface area (Å²) in [7, 11) is 1.88. The standard InChI is InChI=1S/C17H24N4O2/c1-12(14(3)23-16-8-6-5-7-9-16)20-17(22)18-10-15-11-19-21(4)13(15)2/h5-9,11-12,14H,10H2,1-4H3,(H2,18,20,22)/t12-,14-/m1/s1. The number of hydrogen-bond acceptors (Lipinski definition) is 3. The van der Waals surface area contributed by atoms with Crippen LogP contribution >= 0.6 is 0 Å². The highest BCUT2D eigenvalue weighted by Gasteiger charge is 2.16.